The van der Waals surface area contributed by atoms with Crippen LogP contribution in [0, 0.1) is 0 Å². The van der Waals surface area contributed by atoms with E-state index in [2.05, 4.69) is 21.7 Å². The number of hydrogen-bond acceptors (Lipinski definition) is 3. The molecule has 4 N–H and O–H groups in total. The van der Waals surface area contributed by atoms with Crippen LogP contribution in [0.5, 0.6) is 0 Å². The van der Waals surface area contributed by atoms with Gasteiger partial charge in [0.25, 0.3) is 0 Å². The SMILES string of the molecule is O=C(NC[C@H](c1ccccc1Cl)c1c[nH]c2ccccc12)[C@@H]1C[C@@H](O)CN1. The predicted octanol–water partition coefficient (Wildman–Crippen LogP) is 2.79. The fraction of sp³-hybridized carbons (Fsp3) is 0.286. The van der Waals surface area contributed by atoms with E-state index in [1.165, 1.54) is 0 Å². The maximum Gasteiger partial charge on any atom is 0.237 e. The number of β-amino-alcohol motifs (C(OH)–C–C–N with tert-alkyl or cyclic N) is 1. The van der Waals surface area contributed by atoms with Crippen molar-refractivity contribution >= 4 is 28.4 Å². The molecule has 0 spiro atoms. The van der Waals surface area contributed by atoms with Crippen LogP contribution >= 0.6 is 11.6 Å². The molecule has 27 heavy (non-hydrogen) atoms. The van der Waals surface area contributed by atoms with Crippen LogP contribution in [0.1, 0.15) is 23.5 Å². The molecule has 0 saturated carbocycles. The molecule has 140 valence electrons. The van der Waals surface area contributed by atoms with Crippen molar-refractivity contribution in [1.82, 2.24) is 15.6 Å². The van der Waals surface area contributed by atoms with Crippen LogP contribution in [0.2, 0.25) is 5.02 Å². The van der Waals surface area contributed by atoms with Crippen molar-refractivity contribution in [1.29, 1.82) is 0 Å². The van der Waals surface area contributed by atoms with E-state index >= 15 is 0 Å². The number of fused-ring (bicyclic) bond motifs is 1. The van der Waals surface area contributed by atoms with Crippen LogP contribution in [-0.4, -0.2) is 41.2 Å². The molecule has 6 heteroatoms. The third kappa shape index (κ3) is 3.72. The van der Waals surface area contributed by atoms with Gasteiger partial charge < -0.3 is 20.7 Å². The standard InChI is InChI=1S/C21H22ClN3O2/c22-18-7-3-1-5-14(18)16(12-25-21(27)20-9-13(26)10-23-20)17-11-24-19-8-4-2-6-15(17)19/h1-8,11,13,16,20,23-24,26H,9-10,12H2,(H,25,27)/t13-,16-,20+/m1/s1. The number of nitrogens with one attached hydrogen (secondary N) is 3. The molecule has 4 rings (SSSR count). The van der Waals surface area contributed by atoms with Crippen molar-refractivity contribution in [3.63, 3.8) is 0 Å². The normalized spacial score (nSPS) is 20.7. The minimum atomic E-state index is -0.464. The third-order valence-corrected chi connectivity index (χ3v) is 5.53. The van der Waals surface area contributed by atoms with Crippen molar-refractivity contribution < 1.29 is 9.90 Å². The zero-order valence-corrected chi connectivity index (χ0v) is 15.5. The number of benzene rings is 2. The first-order chi connectivity index (χ1) is 13.1. The second-order valence-corrected chi connectivity index (χ2v) is 7.37. The molecule has 0 radical (unpaired) electrons. The monoisotopic (exact) mass is 383 g/mol. The fourth-order valence-corrected chi connectivity index (χ4v) is 4.04. The molecule has 0 aliphatic carbocycles. The zero-order chi connectivity index (χ0) is 18.8. The molecule has 1 fully saturated rings. The van der Waals surface area contributed by atoms with Gasteiger partial charge in [-0.05, 0) is 29.7 Å². The summed E-state index contributed by atoms with van der Waals surface area (Å²) in [6.45, 7) is 0.882. The number of H-pyrrole nitrogens is 1. The van der Waals surface area contributed by atoms with Crippen molar-refractivity contribution in [2.75, 3.05) is 13.1 Å². The Hall–Kier alpha value is -2.34. The Kier molecular flexibility index (Phi) is 5.16. The lowest BCUT2D eigenvalue weighted by Gasteiger charge is -2.20. The van der Waals surface area contributed by atoms with Crippen molar-refractivity contribution in [2.45, 2.75) is 24.5 Å². The van der Waals surface area contributed by atoms with E-state index in [-0.39, 0.29) is 17.9 Å². The molecule has 1 aliphatic heterocycles. The number of aromatic amines is 1. The number of aliphatic hydroxyl groups is 1. The van der Waals surface area contributed by atoms with Crippen LogP contribution in [0.15, 0.2) is 54.7 Å². The number of carbonyl (C=O) groups excluding carboxylic acids is 1. The van der Waals surface area contributed by atoms with Gasteiger partial charge in [0, 0.05) is 41.1 Å². The molecular weight excluding hydrogens is 362 g/mol. The summed E-state index contributed by atoms with van der Waals surface area (Å²) < 4.78 is 0. The van der Waals surface area contributed by atoms with Gasteiger partial charge in [0.1, 0.15) is 0 Å². The Balaban J connectivity index is 1.63. The summed E-state index contributed by atoms with van der Waals surface area (Å²) in [6, 6.07) is 15.5. The highest BCUT2D eigenvalue weighted by atomic mass is 35.5. The minimum Gasteiger partial charge on any atom is -0.392 e. The summed E-state index contributed by atoms with van der Waals surface area (Å²) in [5.41, 5.74) is 3.12. The molecule has 0 bridgehead atoms. The average molecular weight is 384 g/mol. The highest BCUT2D eigenvalue weighted by Gasteiger charge is 2.29. The topological polar surface area (TPSA) is 77.2 Å². The predicted molar refractivity (Wildman–Crippen MR) is 107 cm³/mol. The second kappa shape index (κ2) is 7.72. The van der Waals surface area contributed by atoms with Crippen LogP contribution < -0.4 is 10.6 Å². The van der Waals surface area contributed by atoms with E-state index in [1.807, 2.05) is 48.7 Å². The van der Waals surface area contributed by atoms with Crippen molar-refractivity contribution in [3.05, 3.63) is 70.9 Å². The number of carbonyl (C=O) groups is 1. The van der Waals surface area contributed by atoms with E-state index in [4.69, 9.17) is 11.6 Å². The molecule has 3 atom stereocenters. The van der Waals surface area contributed by atoms with E-state index in [0.29, 0.717) is 24.5 Å². The summed E-state index contributed by atoms with van der Waals surface area (Å²) >= 11 is 6.48. The van der Waals surface area contributed by atoms with E-state index in [0.717, 1.165) is 22.0 Å². The number of halogens is 1. The van der Waals surface area contributed by atoms with Crippen LogP contribution in [0.25, 0.3) is 10.9 Å². The fourth-order valence-electron chi connectivity index (χ4n) is 3.77. The summed E-state index contributed by atoms with van der Waals surface area (Å²) in [6.07, 6.45) is 1.96. The smallest absolute Gasteiger partial charge is 0.237 e. The van der Waals surface area contributed by atoms with E-state index in [9.17, 15) is 9.90 Å². The number of hydrogen-bond donors (Lipinski definition) is 4. The number of aliphatic hydroxyl groups excluding tert-OH is 1. The second-order valence-electron chi connectivity index (χ2n) is 6.96. The van der Waals surface area contributed by atoms with Gasteiger partial charge in [0.05, 0.1) is 12.1 Å². The molecular formula is C21H22ClN3O2. The summed E-state index contributed by atoms with van der Waals surface area (Å²) in [4.78, 5) is 15.8. The first-order valence-corrected chi connectivity index (χ1v) is 9.51. The number of rotatable bonds is 5. The lowest BCUT2D eigenvalue weighted by Crippen LogP contribution is -2.42. The lowest BCUT2D eigenvalue weighted by molar-refractivity contribution is -0.122. The summed E-state index contributed by atoms with van der Waals surface area (Å²) in [7, 11) is 0. The molecule has 2 heterocycles. The number of amides is 1. The van der Waals surface area contributed by atoms with Gasteiger partial charge in [-0.1, -0.05) is 48.0 Å². The van der Waals surface area contributed by atoms with Gasteiger partial charge in [-0.2, -0.15) is 0 Å². The molecule has 1 saturated heterocycles. The largest absolute Gasteiger partial charge is 0.392 e. The Bertz CT molecular complexity index is 955. The van der Waals surface area contributed by atoms with Gasteiger partial charge in [0.15, 0.2) is 0 Å². The highest BCUT2D eigenvalue weighted by Crippen LogP contribution is 2.34. The minimum absolute atomic E-state index is 0.0786. The molecule has 3 aromatic rings. The maximum atomic E-state index is 12.5. The molecule has 5 nitrogen and oxygen atoms in total. The quantitative estimate of drug-likeness (QED) is 0.547. The number of para-hydroxylation sites is 1. The van der Waals surface area contributed by atoms with Crippen LogP contribution in [0.4, 0.5) is 0 Å². The Labute approximate surface area is 162 Å². The molecule has 1 amide bonds. The Morgan fingerprint density at radius 2 is 1.96 bits per heavy atom. The maximum absolute atomic E-state index is 12.5. The highest BCUT2D eigenvalue weighted by molar-refractivity contribution is 6.31. The zero-order valence-electron chi connectivity index (χ0n) is 14.8. The first-order valence-electron chi connectivity index (χ1n) is 9.13. The van der Waals surface area contributed by atoms with Crippen molar-refractivity contribution in [3.8, 4) is 0 Å². The molecule has 0 unspecified atom stereocenters. The van der Waals surface area contributed by atoms with Gasteiger partial charge in [-0.25, -0.2) is 0 Å². The Morgan fingerprint density at radius 1 is 1.19 bits per heavy atom. The van der Waals surface area contributed by atoms with Gasteiger partial charge in [0.2, 0.25) is 5.91 Å². The average Bonchev–Trinajstić information content (AvgIpc) is 3.30. The van der Waals surface area contributed by atoms with Crippen LogP contribution in [-0.2, 0) is 4.79 Å². The molecule has 1 aromatic heterocycles. The summed E-state index contributed by atoms with van der Waals surface area (Å²) in [5, 5.41) is 17.5. The van der Waals surface area contributed by atoms with Gasteiger partial charge in [-0.3, -0.25) is 4.79 Å². The molecule has 2 aromatic carbocycles. The van der Waals surface area contributed by atoms with E-state index in [1.54, 1.807) is 0 Å². The van der Waals surface area contributed by atoms with Crippen LogP contribution in [0.3, 0.4) is 0 Å². The lowest BCUT2D eigenvalue weighted by atomic mass is 9.90. The summed E-state index contributed by atoms with van der Waals surface area (Å²) in [5.74, 6) is -0.173. The third-order valence-electron chi connectivity index (χ3n) is 5.18. The van der Waals surface area contributed by atoms with Gasteiger partial charge in [-0.15, -0.1) is 0 Å². The molecule has 1 aliphatic rings. The van der Waals surface area contributed by atoms with E-state index < -0.39 is 6.10 Å². The Morgan fingerprint density at radius 3 is 2.74 bits per heavy atom. The first kappa shape index (κ1) is 18.0. The van der Waals surface area contributed by atoms with Crippen molar-refractivity contribution in [2.24, 2.45) is 0 Å². The van der Waals surface area contributed by atoms with Gasteiger partial charge >= 0.3 is 0 Å². The number of aromatic nitrogens is 1.